The van der Waals surface area contributed by atoms with Gasteiger partial charge in [0.05, 0.1) is 34.9 Å². The molecule has 0 bridgehead atoms. The number of benzene rings is 2. The zero-order valence-corrected chi connectivity index (χ0v) is 27.2. The predicted octanol–water partition coefficient (Wildman–Crippen LogP) is 1.18. The van der Waals surface area contributed by atoms with Crippen molar-refractivity contribution in [1.29, 1.82) is 0 Å². The second-order valence-electron chi connectivity index (χ2n) is 9.74. The SMILES string of the molecule is CS(=O)(=O)c1ccc2nc(-c3cccc(Br)c3)c(CN3CCC(N4CCOCC4)CC3)c(C(=O)O)c2c1.[H-].[K+]. The summed E-state index contributed by atoms with van der Waals surface area (Å²) in [6.07, 6.45) is 3.14. The monoisotopic (exact) mass is 627 g/mol. The first-order chi connectivity index (χ1) is 17.7. The van der Waals surface area contributed by atoms with Crippen molar-refractivity contribution in [2.75, 3.05) is 45.6 Å². The van der Waals surface area contributed by atoms with E-state index in [1.165, 1.54) is 12.1 Å². The molecule has 0 saturated carbocycles. The Morgan fingerprint density at radius 1 is 1.13 bits per heavy atom. The maximum Gasteiger partial charge on any atom is 1.00 e. The van der Waals surface area contributed by atoms with Gasteiger partial charge >= 0.3 is 57.4 Å². The van der Waals surface area contributed by atoms with Crippen LogP contribution in [0.1, 0.15) is 30.2 Å². The first-order valence-electron chi connectivity index (χ1n) is 12.4. The number of pyridine rings is 1. The molecule has 2 fully saturated rings. The van der Waals surface area contributed by atoms with Gasteiger partial charge in [-0.3, -0.25) is 9.80 Å². The molecule has 8 nitrogen and oxygen atoms in total. The van der Waals surface area contributed by atoms with Crippen LogP contribution in [0.3, 0.4) is 0 Å². The number of fused-ring (bicyclic) bond motifs is 1. The Balaban J connectivity index is 0.00000210. The third kappa shape index (κ3) is 6.76. The summed E-state index contributed by atoms with van der Waals surface area (Å²) in [4.78, 5) is 22.5. The molecule has 2 aliphatic heterocycles. The molecule has 1 N–H and O–H groups in total. The Morgan fingerprint density at radius 2 is 1.84 bits per heavy atom. The minimum atomic E-state index is -3.51. The van der Waals surface area contributed by atoms with Gasteiger partial charge in [-0.2, -0.15) is 0 Å². The van der Waals surface area contributed by atoms with E-state index in [0.29, 0.717) is 34.7 Å². The summed E-state index contributed by atoms with van der Waals surface area (Å²) in [6, 6.07) is 12.7. The molecule has 3 heterocycles. The Kier molecular flexibility index (Phi) is 10.2. The van der Waals surface area contributed by atoms with Gasteiger partial charge in [-0.1, -0.05) is 28.1 Å². The molecular weight excluding hydrogens is 597 g/mol. The second kappa shape index (κ2) is 12.8. The zero-order chi connectivity index (χ0) is 26.2. The summed E-state index contributed by atoms with van der Waals surface area (Å²) < 4.78 is 30.9. The number of aromatic carboxylic acids is 1. The Morgan fingerprint density at radius 3 is 2.47 bits per heavy atom. The minimum absolute atomic E-state index is 0. The zero-order valence-electron chi connectivity index (χ0n) is 22.7. The van der Waals surface area contributed by atoms with Crippen molar-refractivity contribution in [3.05, 3.63) is 58.1 Å². The molecule has 0 atom stereocenters. The molecule has 0 amide bonds. The van der Waals surface area contributed by atoms with Crippen LogP contribution in [0.25, 0.3) is 22.2 Å². The fourth-order valence-electron chi connectivity index (χ4n) is 5.39. The average Bonchev–Trinajstić information content (AvgIpc) is 2.88. The van der Waals surface area contributed by atoms with Crippen LogP contribution in [0.4, 0.5) is 0 Å². The third-order valence-electron chi connectivity index (χ3n) is 7.30. The standard InChI is InChI=1S/C27H30BrN3O5S.K.H/c1-37(34,35)21-5-6-24-22(16-21)25(27(32)33)23(26(29-24)18-3-2-4-19(28)15-18)17-30-9-7-20(8-10-30)31-11-13-36-14-12-31;;/h2-6,15-16,20H,7-14,17H2,1H3,(H,32,33);;/q;+1;-1. The molecule has 38 heavy (non-hydrogen) atoms. The number of sulfone groups is 1. The van der Waals surface area contributed by atoms with Gasteiger partial charge in [0.25, 0.3) is 0 Å². The van der Waals surface area contributed by atoms with Gasteiger partial charge in [0, 0.05) is 52.9 Å². The van der Waals surface area contributed by atoms with Gasteiger partial charge < -0.3 is 11.3 Å². The smallest absolute Gasteiger partial charge is 1.00 e. The van der Waals surface area contributed by atoms with Crippen molar-refractivity contribution in [3.63, 3.8) is 0 Å². The van der Waals surface area contributed by atoms with Gasteiger partial charge in [-0.15, -0.1) is 0 Å². The number of carboxylic acid groups (broad SMARTS) is 1. The largest absolute Gasteiger partial charge is 1.00 e. The van der Waals surface area contributed by atoms with E-state index in [0.717, 1.165) is 68.5 Å². The van der Waals surface area contributed by atoms with Crippen molar-refractivity contribution in [2.24, 2.45) is 0 Å². The van der Waals surface area contributed by atoms with Crippen LogP contribution >= 0.6 is 15.9 Å². The molecule has 198 valence electrons. The van der Waals surface area contributed by atoms with Crippen LogP contribution in [0, 0.1) is 0 Å². The Hall–Kier alpha value is -0.734. The van der Waals surface area contributed by atoms with E-state index in [-0.39, 0.29) is 63.3 Å². The number of carbonyl (C=O) groups is 1. The van der Waals surface area contributed by atoms with Crippen LogP contribution in [-0.4, -0.2) is 86.0 Å². The quantitative estimate of drug-likeness (QED) is 0.407. The van der Waals surface area contributed by atoms with Gasteiger partial charge in [-0.25, -0.2) is 18.2 Å². The van der Waals surface area contributed by atoms with Crippen LogP contribution in [-0.2, 0) is 21.1 Å². The first-order valence-corrected chi connectivity index (χ1v) is 15.1. The van der Waals surface area contributed by atoms with Gasteiger partial charge in [0.15, 0.2) is 9.84 Å². The summed E-state index contributed by atoms with van der Waals surface area (Å²) in [5.41, 5.74) is 2.58. The minimum Gasteiger partial charge on any atom is -1.00 e. The average molecular weight is 629 g/mol. The molecule has 2 saturated heterocycles. The molecule has 0 unspecified atom stereocenters. The summed E-state index contributed by atoms with van der Waals surface area (Å²) >= 11 is 3.52. The number of halogens is 1. The summed E-state index contributed by atoms with van der Waals surface area (Å²) in [5, 5.41) is 10.7. The maximum absolute atomic E-state index is 12.7. The first kappa shape index (κ1) is 30.2. The van der Waals surface area contributed by atoms with Crippen LogP contribution < -0.4 is 51.4 Å². The van der Waals surface area contributed by atoms with Crippen molar-refractivity contribution < 1.29 is 75.9 Å². The molecular formula is C27H31BrKN3O5S. The number of hydrogen-bond donors (Lipinski definition) is 1. The summed E-state index contributed by atoms with van der Waals surface area (Å²) in [6.45, 7) is 5.58. The summed E-state index contributed by atoms with van der Waals surface area (Å²) in [5.74, 6) is -1.09. The van der Waals surface area contributed by atoms with Gasteiger partial charge in [0.2, 0.25) is 0 Å². The predicted molar refractivity (Wildman–Crippen MR) is 147 cm³/mol. The van der Waals surface area contributed by atoms with Crippen LogP contribution in [0.2, 0.25) is 0 Å². The number of piperidine rings is 1. The topological polar surface area (TPSA) is 100 Å². The summed E-state index contributed by atoms with van der Waals surface area (Å²) in [7, 11) is -3.51. The van der Waals surface area contributed by atoms with Crippen molar-refractivity contribution in [2.45, 2.75) is 30.3 Å². The fourth-order valence-corrected chi connectivity index (χ4v) is 6.44. The number of rotatable bonds is 6. The Bertz CT molecular complexity index is 1440. The fraction of sp³-hybridized carbons (Fsp3) is 0.407. The molecule has 0 aliphatic carbocycles. The van der Waals surface area contributed by atoms with E-state index in [2.05, 4.69) is 25.7 Å². The number of likely N-dealkylation sites (tertiary alicyclic amines) is 1. The number of morpholine rings is 1. The van der Waals surface area contributed by atoms with Crippen LogP contribution in [0.15, 0.2) is 51.8 Å². The van der Waals surface area contributed by atoms with Gasteiger partial charge in [-0.05, 0) is 56.3 Å². The normalized spacial score (nSPS) is 17.8. The number of ether oxygens (including phenoxy) is 1. The van der Waals surface area contributed by atoms with Crippen molar-refractivity contribution in [3.8, 4) is 11.3 Å². The van der Waals surface area contributed by atoms with Gasteiger partial charge in [0.1, 0.15) is 0 Å². The maximum atomic E-state index is 12.7. The third-order valence-corrected chi connectivity index (χ3v) is 8.90. The van der Waals surface area contributed by atoms with E-state index in [9.17, 15) is 18.3 Å². The van der Waals surface area contributed by atoms with E-state index in [1.807, 2.05) is 24.3 Å². The molecule has 0 radical (unpaired) electrons. The molecule has 1 aromatic heterocycles. The number of hydrogen-bond acceptors (Lipinski definition) is 7. The molecule has 2 aliphatic rings. The van der Waals surface area contributed by atoms with Crippen molar-refractivity contribution >= 4 is 42.6 Å². The number of carboxylic acids is 1. The molecule has 2 aromatic carbocycles. The molecule has 3 aromatic rings. The molecule has 0 spiro atoms. The van der Waals surface area contributed by atoms with E-state index in [4.69, 9.17) is 9.72 Å². The Labute approximate surface area is 275 Å². The second-order valence-corrected chi connectivity index (χ2v) is 12.7. The van der Waals surface area contributed by atoms with E-state index < -0.39 is 15.8 Å². The van der Waals surface area contributed by atoms with Crippen LogP contribution in [0.5, 0.6) is 0 Å². The number of nitrogens with zero attached hydrogens (tertiary/aromatic N) is 3. The van der Waals surface area contributed by atoms with E-state index in [1.54, 1.807) is 6.07 Å². The van der Waals surface area contributed by atoms with E-state index >= 15 is 0 Å². The molecule has 11 heteroatoms. The molecule has 5 rings (SSSR count). The number of aromatic nitrogens is 1. The van der Waals surface area contributed by atoms with Crippen molar-refractivity contribution in [1.82, 2.24) is 14.8 Å².